The Morgan fingerprint density at radius 3 is 1.72 bits per heavy atom. The van der Waals surface area contributed by atoms with Crippen LogP contribution in [0, 0.1) is 5.92 Å². The molecule has 3 aromatic rings. The number of hydrogen-bond donors (Lipinski definition) is 0. The Kier molecular flexibility index (Phi) is 4.24. The second kappa shape index (κ2) is 7.06. The maximum atomic E-state index is 12.9. The van der Waals surface area contributed by atoms with E-state index in [2.05, 4.69) is 10.2 Å². The van der Waals surface area contributed by atoms with Crippen molar-refractivity contribution >= 4 is 11.6 Å². The van der Waals surface area contributed by atoms with Gasteiger partial charge in [-0.15, -0.1) is 0 Å². The van der Waals surface area contributed by atoms with E-state index in [4.69, 9.17) is 0 Å². The summed E-state index contributed by atoms with van der Waals surface area (Å²) < 4.78 is 0. The van der Waals surface area contributed by atoms with Gasteiger partial charge in [-0.1, -0.05) is 84.9 Å². The molecule has 0 saturated heterocycles. The van der Waals surface area contributed by atoms with E-state index in [1.54, 1.807) is 24.3 Å². The van der Waals surface area contributed by atoms with E-state index in [9.17, 15) is 9.59 Å². The number of carbonyl (C=O) groups excluding carboxylic acids is 2. The third-order valence-corrected chi connectivity index (χ3v) is 5.59. The lowest BCUT2D eigenvalue weighted by atomic mass is 9.84. The first-order valence-electron chi connectivity index (χ1n) is 9.64. The fourth-order valence-corrected chi connectivity index (χ4v) is 4.15. The van der Waals surface area contributed by atoms with Crippen molar-refractivity contribution in [3.63, 3.8) is 0 Å². The summed E-state index contributed by atoms with van der Waals surface area (Å²) in [5, 5.41) is 8.94. The maximum Gasteiger partial charge on any atom is 0.180 e. The molecule has 3 aromatic carbocycles. The van der Waals surface area contributed by atoms with Gasteiger partial charge >= 0.3 is 0 Å². The van der Waals surface area contributed by atoms with Gasteiger partial charge in [0.15, 0.2) is 11.6 Å². The Hall–Kier alpha value is -3.66. The van der Waals surface area contributed by atoms with Gasteiger partial charge in [0, 0.05) is 17.0 Å². The van der Waals surface area contributed by atoms with Gasteiger partial charge in [-0.2, -0.15) is 10.2 Å². The summed E-state index contributed by atoms with van der Waals surface area (Å²) in [4.78, 5) is 25.9. The van der Waals surface area contributed by atoms with Crippen molar-refractivity contribution in [1.82, 2.24) is 0 Å². The number of hydrogen-bond acceptors (Lipinski definition) is 4. The molecule has 0 spiro atoms. The van der Waals surface area contributed by atoms with E-state index < -0.39 is 5.92 Å². The molecule has 0 fully saturated rings. The predicted octanol–water partition coefficient (Wildman–Crippen LogP) is 5.56. The topological polar surface area (TPSA) is 58.9 Å². The third-order valence-electron chi connectivity index (χ3n) is 5.59. The zero-order valence-electron chi connectivity index (χ0n) is 15.6. The van der Waals surface area contributed by atoms with Crippen molar-refractivity contribution < 1.29 is 9.59 Å². The summed E-state index contributed by atoms with van der Waals surface area (Å²) in [7, 11) is 0. The van der Waals surface area contributed by atoms with Gasteiger partial charge in [0.25, 0.3) is 0 Å². The second-order valence-corrected chi connectivity index (χ2v) is 7.31. The highest BCUT2D eigenvalue weighted by Crippen LogP contribution is 2.43. The number of allylic oxidation sites excluding steroid dienone is 1. The minimum Gasteiger partial charge on any atom is -0.293 e. The van der Waals surface area contributed by atoms with E-state index in [1.807, 2.05) is 66.7 Å². The quantitative estimate of drug-likeness (QED) is 0.561. The first-order valence-corrected chi connectivity index (χ1v) is 9.64. The van der Waals surface area contributed by atoms with Crippen molar-refractivity contribution in [2.24, 2.45) is 16.1 Å². The molecule has 2 atom stereocenters. The standard InChI is InChI=1S/C25H18N2O2/c28-24-18-13-7-8-14-19(18)25(29)22(24)21-15-20(16-9-3-1-4-10-16)23(27-26-21)17-11-5-2-6-12-17/h1-15,20,22-23H/t20-,23+/m0/s1. The summed E-state index contributed by atoms with van der Waals surface area (Å²) >= 11 is 0. The fourth-order valence-electron chi connectivity index (χ4n) is 4.15. The van der Waals surface area contributed by atoms with E-state index in [0.29, 0.717) is 16.8 Å². The SMILES string of the molecule is O=C1c2ccccc2C(=O)C1C1=C[C@@H](c2ccccc2)[C@@H](c2ccccc2)N=N1. The highest BCUT2D eigenvalue weighted by molar-refractivity contribution is 6.28. The molecule has 4 heteroatoms. The number of fused-ring (bicyclic) bond motifs is 1. The zero-order valence-corrected chi connectivity index (χ0v) is 15.6. The summed E-state index contributed by atoms with van der Waals surface area (Å²) in [6.07, 6.45) is 1.95. The molecular weight excluding hydrogens is 360 g/mol. The average molecular weight is 378 g/mol. The number of azo groups is 1. The number of carbonyl (C=O) groups is 2. The Labute approximate surface area is 168 Å². The minimum atomic E-state index is -0.904. The van der Waals surface area contributed by atoms with Crippen LogP contribution in [0.3, 0.4) is 0 Å². The molecule has 0 radical (unpaired) electrons. The Morgan fingerprint density at radius 1 is 0.621 bits per heavy atom. The Balaban J connectivity index is 1.57. The summed E-state index contributed by atoms with van der Waals surface area (Å²) in [5.41, 5.74) is 3.51. The predicted molar refractivity (Wildman–Crippen MR) is 110 cm³/mol. The molecule has 0 saturated carbocycles. The summed E-state index contributed by atoms with van der Waals surface area (Å²) in [5.74, 6) is -1.39. The average Bonchev–Trinajstić information content (AvgIpc) is 3.05. The van der Waals surface area contributed by atoms with Crippen molar-refractivity contribution in [3.05, 3.63) is 119 Å². The summed E-state index contributed by atoms with van der Waals surface area (Å²) in [6, 6.07) is 26.8. The van der Waals surface area contributed by atoms with Crippen LogP contribution < -0.4 is 0 Å². The molecule has 0 bridgehead atoms. The number of Topliss-reactive ketones (excluding diaryl/α,β-unsaturated/α-hetero) is 2. The lowest BCUT2D eigenvalue weighted by Crippen LogP contribution is -2.20. The number of ketones is 2. The van der Waals surface area contributed by atoms with Crippen LogP contribution in [0.2, 0.25) is 0 Å². The molecule has 29 heavy (non-hydrogen) atoms. The van der Waals surface area contributed by atoms with Crippen molar-refractivity contribution in [2.75, 3.05) is 0 Å². The van der Waals surface area contributed by atoms with Gasteiger partial charge in [-0.3, -0.25) is 9.59 Å². The number of nitrogens with zero attached hydrogens (tertiary/aromatic N) is 2. The monoisotopic (exact) mass is 378 g/mol. The molecule has 5 rings (SSSR count). The number of benzene rings is 3. The number of rotatable bonds is 3. The van der Waals surface area contributed by atoms with E-state index in [1.165, 1.54) is 0 Å². The van der Waals surface area contributed by atoms with Gasteiger partial charge in [0.2, 0.25) is 0 Å². The van der Waals surface area contributed by atoms with Crippen LogP contribution in [0.1, 0.15) is 43.8 Å². The van der Waals surface area contributed by atoms with Crippen molar-refractivity contribution in [2.45, 2.75) is 12.0 Å². The first-order chi connectivity index (χ1) is 14.2. The highest BCUT2D eigenvalue weighted by Gasteiger charge is 2.42. The lowest BCUT2D eigenvalue weighted by Gasteiger charge is -2.26. The molecular formula is C25H18N2O2. The molecule has 1 aliphatic heterocycles. The lowest BCUT2D eigenvalue weighted by molar-refractivity contribution is 0.0861. The van der Waals surface area contributed by atoms with Crippen LogP contribution in [0.4, 0.5) is 0 Å². The highest BCUT2D eigenvalue weighted by atomic mass is 16.2. The Morgan fingerprint density at radius 2 is 1.14 bits per heavy atom. The molecule has 0 aromatic heterocycles. The molecule has 140 valence electrons. The molecule has 4 nitrogen and oxygen atoms in total. The largest absolute Gasteiger partial charge is 0.293 e. The summed E-state index contributed by atoms with van der Waals surface area (Å²) in [6.45, 7) is 0. The van der Waals surface area contributed by atoms with E-state index in [-0.39, 0.29) is 23.5 Å². The maximum absolute atomic E-state index is 12.9. The van der Waals surface area contributed by atoms with Crippen LogP contribution in [-0.4, -0.2) is 11.6 Å². The molecule has 1 aliphatic carbocycles. The van der Waals surface area contributed by atoms with Gasteiger partial charge < -0.3 is 0 Å². The second-order valence-electron chi connectivity index (χ2n) is 7.31. The van der Waals surface area contributed by atoms with Gasteiger partial charge in [-0.05, 0) is 17.2 Å². The van der Waals surface area contributed by atoms with Crippen molar-refractivity contribution in [1.29, 1.82) is 0 Å². The van der Waals surface area contributed by atoms with Crippen LogP contribution >= 0.6 is 0 Å². The molecule has 0 amide bonds. The molecule has 1 heterocycles. The fraction of sp³-hybridized carbons (Fsp3) is 0.120. The van der Waals surface area contributed by atoms with Crippen molar-refractivity contribution in [3.8, 4) is 0 Å². The zero-order chi connectivity index (χ0) is 19.8. The van der Waals surface area contributed by atoms with Crippen LogP contribution in [-0.2, 0) is 0 Å². The van der Waals surface area contributed by atoms with E-state index >= 15 is 0 Å². The van der Waals surface area contributed by atoms with Crippen LogP contribution in [0.25, 0.3) is 0 Å². The van der Waals surface area contributed by atoms with Crippen LogP contribution in [0.15, 0.2) is 107 Å². The Bertz CT molecular complexity index is 1110. The molecule has 0 N–H and O–H groups in total. The molecule has 0 unspecified atom stereocenters. The van der Waals surface area contributed by atoms with E-state index in [0.717, 1.165) is 11.1 Å². The normalized spacial score (nSPS) is 21.2. The van der Waals surface area contributed by atoms with Crippen LogP contribution in [0.5, 0.6) is 0 Å². The smallest absolute Gasteiger partial charge is 0.180 e. The van der Waals surface area contributed by atoms with Gasteiger partial charge in [0.05, 0.1) is 5.70 Å². The third kappa shape index (κ3) is 2.93. The first kappa shape index (κ1) is 17.4. The van der Waals surface area contributed by atoms with Gasteiger partial charge in [0.1, 0.15) is 12.0 Å². The molecule has 2 aliphatic rings. The minimum absolute atomic E-state index is 0.101. The van der Waals surface area contributed by atoms with Gasteiger partial charge in [-0.25, -0.2) is 0 Å².